The van der Waals surface area contributed by atoms with Crippen molar-refractivity contribution in [2.24, 2.45) is 16.2 Å². The van der Waals surface area contributed by atoms with Crippen LogP contribution in [-0.4, -0.2) is 18.3 Å². The van der Waals surface area contributed by atoms with Gasteiger partial charge in [-0.25, -0.2) is 0 Å². The van der Waals surface area contributed by atoms with E-state index in [4.69, 9.17) is 16.0 Å². The van der Waals surface area contributed by atoms with Crippen molar-refractivity contribution in [3.63, 3.8) is 0 Å². The topological polar surface area (TPSA) is 113 Å². The van der Waals surface area contributed by atoms with Gasteiger partial charge in [0.15, 0.2) is 5.84 Å². The predicted octanol–water partition coefficient (Wildman–Crippen LogP) is 4.19. The molecular formula is C22H19N5O2. The van der Waals surface area contributed by atoms with Crippen LogP contribution < -0.4 is 15.9 Å². The fourth-order valence-corrected chi connectivity index (χ4v) is 3.38. The summed E-state index contributed by atoms with van der Waals surface area (Å²) in [4.78, 5) is 12.6. The third-order valence-electron chi connectivity index (χ3n) is 4.72. The number of fused-ring (bicyclic) bond motifs is 3. The number of nitrogens with two attached hydrogens (primary N) is 1. The number of ether oxygens (including phenoxy) is 1. The van der Waals surface area contributed by atoms with E-state index in [9.17, 15) is 4.79 Å². The van der Waals surface area contributed by atoms with Gasteiger partial charge in [0.25, 0.3) is 5.91 Å². The molecule has 3 aromatic rings. The number of nitrogens with zero attached hydrogens (tertiary/aromatic N) is 2. The number of carbonyl (C=O) groups excluding carboxylic acids is 1. The van der Waals surface area contributed by atoms with Crippen LogP contribution in [0.25, 0.3) is 11.1 Å². The van der Waals surface area contributed by atoms with Gasteiger partial charge in [-0.2, -0.15) is 0 Å². The number of hydrogen-bond donors (Lipinski definition) is 3. The first-order chi connectivity index (χ1) is 14.1. The number of rotatable bonds is 5. The van der Waals surface area contributed by atoms with Crippen molar-refractivity contribution in [2.75, 3.05) is 11.9 Å². The Morgan fingerprint density at radius 1 is 1.03 bits per heavy atom. The zero-order valence-corrected chi connectivity index (χ0v) is 15.6. The summed E-state index contributed by atoms with van der Waals surface area (Å²) in [6.45, 7) is -0.0518. The average Bonchev–Trinajstić information content (AvgIpc) is 3.10. The van der Waals surface area contributed by atoms with Crippen LogP contribution in [0.15, 0.2) is 77.1 Å². The first-order valence-corrected chi connectivity index (χ1v) is 9.08. The zero-order valence-electron chi connectivity index (χ0n) is 15.6. The number of hydrogen-bond acceptors (Lipinski definition) is 4. The molecule has 0 heterocycles. The van der Waals surface area contributed by atoms with E-state index in [0.29, 0.717) is 11.3 Å². The van der Waals surface area contributed by atoms with E-state index in [1.54, 1.807) is 24.3 Å². The third kappa shape index (κ3) is 3.98. The number of amidine groups is 1. The summed E-state index contributed by atoms with van der Waals surface area (Å²) in [6, 6.07) is 21.0. The van der Waals surface area contributed by atoms with E-state index in [1.807, 2.05) is 24.3 Å². The van der Waals surface area contributed by atoms with E-state index in [2.05, 4.69) is 33.9 Å². The Morgan fingerprint density at radius 3 is 2.59 bits per heavy atom. The number of anilines is 1. The molecule has 0 fully saturated rings. The minimum atomic E-state index is -0.198. The molecule has 3 aromatic carbocycles. The first-order valence-electron chi connectivity index (χ1n) is 9.08. The Kier molecular flexibility index (Phi) is 5.03. The highest BCUT2D eigenvalue weighted by Gasteiger charge is 2.18. The van der Waals surface area contributed by atoms with Gasteiger partial charge in [-0.3, -0.25) is 10.2 Å². The molecule has 1 aliphatic carbocycles. The van der Waals surface area contributed by atoms with Crippen LogP contribution in [0.3, 0.4) is 0 Å². The van der Waals surface area contributed by atoms with Gasteiger partial charge in [0.2, 0.25) is 0 Å². The van der Waals surface area contributed by atoms with Crippen molar-refractivity contribution in [3.05, 3.63) is 83.4 Å². The quantitative estimate of drug-likeness (QED) is 0.157. The van der Waals surface area contributed by atoms with Gasteiger partial charge in [0.05, 0.1) is 0 Å². The summed E-state index contributed by atoms with van der Waals surface area (Å²) in [5.41, 5.74) is 6.28. The summed E-state index contributed by atoms with van der Waals surface area (Å²) in [6.07, 6.45) is 0.875. The van der Waals surface area contributed by atoms with Gasteiger partial charge in [-0.05, 0) is 65.1 Å². The van der Waals surface area contributed by atoms with Crippen LogP contribution in [0.5, 0.6) is 5.75 Å². The highest BCUT2D eigenvalue weighted by Crippen LogP contribution is 2.37. The number of benzene rings is 3. The molecule has 7 nitrogen and oxygen atoms in total. The molecule has 4 N–H and O–H groups in total. The van der Waals surface area contributed by atoms with Gasteiger partial charge in [0, 0.05) is 11.3 Å². The lowest BCUT2D eigenvalue weighted by Crippen LogP contribution is -2.12. The van der Waals surface area contributed by atoms with Crippen LogP contribution >= 0.6 is 0 Å². The van der Waals surface area contributed by atoms with Crippen LogP contribution in [0.1, 0.15) is 21.5 Å². The molecule has 0 unspecified atom stereocenters. The summed E-state index contributed by atoms with van der Waals surface area (Å²) in [5, 5.41) is 16.8. The fraction of sp³-hybridized carbons (Fsp3) is 0.0909. The smallest absolute Gasteiger partial charge is 0.255 e. The summed E-state index contributed by atoms with van der Waals surface area (Å²) in [5.74, 6) is 5.12. The van der Waals surface area contributed by atoms with Crippen LogP contribution in [-0.2, 0) is 6.42 Å². The molecule has 1 amide bonds. The lowest BCUT2D eigenvalue weighted by atomic mass is 10.1. The number of amides is 1. The molecule has 7 heteroatoms. The second kappa shape index (κ2) is 7.93. The number of nitrogens with one attached hydrogen (secondary N) is 2. The Bertz CT molecular complexity index is 1110. The van der Waals surface area contributed by atoms with Crippen LogP contribution in [0.4, 0.5) is 5.69 Å². The van der Waals surface area contributed by atoms with E-state index in [1.165, 1.54) is 22.3 Å². The molecule has 0 radical (unpaired) electrons. The lowest BCUT2D eigenvalue weighted by Gasteiger charge is -2.09. The molecular weight excluding hydrogens is 366 g/mol. The Morgan fingerprint density at radius 2 is 1.79 bits per heavy atom. The van der Waals surface area contributed by atoms with Crippen LogP contribution in [0, 0.1) is 5.41 Å². The van der Waals surface area contributed by atoms with Gasteiger partial charge in [-0.1, -0.05) is 35.6 Å². The van der Waals surface area contributed by atoms with Gasteiger partial charge >= 0.3 is 0 Å². The molecule has 1 aliphatic rings. The largest absolute Gasteiger partial charge is 0.486 e. The first kappa shape index (κ1) is 18.4. The van der Waals surface area contributed by atoms with Gasteiger partial charge < -0.3 is 15.9 Å². The molecule has 0 spiro atoms. The standard InChI is InChI=1S/C22H19N5O2/c23-21(26-27-24)13-29-18-8-5-14(6-9-18)22(28)25-17-7-10-20-16(12-17)11-15-3-1-2-4-19(15)20/h1-10,12H,11,13H2,(H,25,28)(H3,23,24,26). The molecule has 0 atom stereocenters. The maximum Gasteiger partial charge on any atom is 0.255 e. The molecule has 4 rings (SSSR count). The van der Waals surface area contributed by atoms with Crippen molar-refractivity contribution in [2.45, 2.75) is 6.42 Å². The molecule has 0 saturated carbocycles. The molecule has 0 aliphatic heterocycles. The highest BCUT2D eigenvalue weighted by atomic mass is 16.5. The summed E-state index contributed by atoms with van der Waals surface area (Å²) >= 11 is 0. The van der Waals surface area contributed by atoms with Crippen molar-refractivity contribution >= 4 is 17.4 Å². The molecule has 144 valence electrons. The highest BCUT2D eigenvalue weighted by molar-refractivity contribution is 6.04. The summed E-state index contributed by atoms with van der Waals surface area (Å²) < 4.78 is 5.39. The van der Waals surface area contributed by atoms with E-state index in [0.717, 1.165) is 12.1 Å². The zero-order chi connectivity index (χ0) is 20.2. The second-order valence-corrected chi connectivity index (χ2v) is 6.64. The predicted molar refractivity (Wildman–Crippen MR) is 111 cm³/mol. The SMILES string of the molecule is N=C(COc1ccc(C(=O)Nc2ccc3c(c2)Cc2ccccc2-3)cc1)/N=N\N. The molecule has 0 bridgehead atoms. The molecule has 29 heavy (non-hydrogen) atoms. The van der Waals surface area contributed by atoms with Crippen molar-refractivity contribution in [1.29, 1.82) is 5.41 Å². The van der Waals surface area contributed by atoms with E-state index >= 15 is 0 Å². The normalized spacial score (nSPS) is 11.7. The van der Waals surface area contributed by atoms with Gasteiger partial charge in [0.1, 0.15) is 12.4 Å². The Balaban J connectivity index is 1.41. The van der Waals surface area contributed by atoms with E-state index in [-0.39, 0.29) is 18.3 Å². The minimum Gasteiger partial charge on any atom is -0.486 e. The van der Waals surface area contributed by atoms with Crippen molar-refractivity contribution in [1.82, 2.24) is 0 Å². The fourth-order valence-electron chi connectivity index (χ4n) is 3.38. The van der Waals surface area contributed by atoms with E-state index < -0.39 is 0 Å². The number of carbonyl (C=O) groups is 1. The maximum absolute atomic E-state index is 12.6. The molecule has 0 saturated heterocycles. The third-order valence-corrected chi connectivity index (χ3v) is 4.72. The van der Waals surface area contributed by atoms with Crippen molar-refractivity contribution in [3.8, 4) is 16.9 Å². The lowest BCUT2D eigenvalue weighted by molar-refractivity contribution is 0.102. The monoisotopic (exact) mass is 385 g/mol. The van der Waals surface area contributed by atoms with Gasteiger partial charge in [-0.15, -0.1) is 5.11 Å². The molecule has 0 aromatic heterocycles. The maximum atomic E-state index is 12.6. The minimum absolute atomic E-state index is 0.0518. The average molecular weight is 385 g/mol. The van der Waals surface area contributed by atoms with Crippen molar-refractivity contribution < 1.29 is 9.53 Å². The Hall–Kier alpha value is -4.00. The van der Waals surface area contributed by atoms with Crippen LogP contribution in [0.2, 0.25) is 0 Å². The Labute approximate surface area is 167 Å². The second-order valence-electron chi connectivity index (χ2n) is 6.64. The summed E-state index contributed by atoms with van der Waals surface area (Å²) in [7, 11) is 0.